The Morgan fingerprint density at radius 1 is 1.00 bits per heavy atom. The van der Waals surface area contributed by atoms with Gasteiger partial charge in [0.1, 0.15) is 4.90 Å². The number of benzene rings is 2. The monoisotopic (exact) mass is 493 g/mol. The minimum absolute atomic E-state index is 0.0412. The second-order valence-corrected chi connectivity index (χ2v) is 10.9. The van der Waals surface area contributed by atoms with E-state index in [-0.39, 0.29) is 10.7 Å². The van der Waals surface area contributed by atoms with Gasteiger partial charge in [-0.2, -0.15) is 4.31 Å². The van der Waals surface area contributed by atoms with E-state index in [9.17, 15) is 13.2 Å². The van der Waals surface area contributed by atoms with E-state index >= 15 is 0 Å². The number of aromatic nitrogens is 2. The van der Waals surface area contributed by atoms with Gasteiger partial charge in [0.05, 0.1) is 23.5 Å². The number of carbonyl (C=O) groups is 1. The van der Waals surface area contributed by atoms with Crippen LogP contribution in [0.1, 0.15) is 21.2 Å². The van der Waals surface area contributed by atoms with Crippen molar-refractivity contribution >= 4 is 38.5 Å². The van der Waals surface area contributed by atoms with Crippen molar-refractivity contribution in [2.75, 3.05) is 26.3 Å². The number of nitrogens with one attached hydrogen (secondary N) is 1. The molecule has 1 saturated heterocycles. The lowest BCUT2D eigenvalue weighted by Crippen LogP contribution is -2.40. The number of carbonyl (C=O) groups excluding carboxylic acids is 1. The molecule has 7 nitrogen and oxygen atoms in total. The van der Waals surface area contributed by atoms with Gasteiger partial charge in [0.2, 0.25) is 10.0 Å². The van der Waals surface area contributed by atoms with Crippen molar-refractivity contribution in [1.82, 2.24) is 14.3 Å². The Morgan fingerprint density at radius 3 is 2.47 bits per heavy atom. The molecule has 5 rings (SSSR count). The van der Waals surface area contributed by atoms with E-state index in [2.05, 4.69) is 9.97 Å². The van der Waals surface area contributed by atoms with E-state index in [1.54, 1.807) is 18.3 Å². The molecule has 0 bridgehead atoms. The molecule has 34 heavy (non-hydrogen) atoms. The van der Waals surface area contributed by atoms with Gasteiger partial charge in [0.25, 0.3) is 0 Å². The predicted molar refractivity (Wildman–Crippen MR) is 131 cm³/mol. The molecule has 1 unspecified atom stereocenters. The van der Waals surface area contributed by atoms with Crippen LogP contribution in [0.4, 0.5) is 0 Å². The lowest BCUT2D eigenvalue weighted by atomic mass is 10.0. The van der Waals surface area contributed by atoms with Crippen LogP contribution < -0.4 is 0 Å². The maximum atomic E-state index is 13.7. The van der Waals surface area contributed by atoms with Crippen molar-refractivity contribution in [3.63, 3.8) is 0 Å². The molecule has 1 aliphatic rings. The standard InChI is InChI=1S/C25H23N3O4S2/c29-24(21-17-26-22-9-5-4-8-20(21)22)25(18-6-2-1-3-7-18)33-23-11-10-19(16-27-23)34(30,31)28-12-14-32-15-13-28/h1-11,16-17,25-26H,12-15H2. The highest BCUT2D eigenvalue weighted by Gasteiger charge is 2.28. The van der Waals surface area contributed by atoms with Crippen molar-refractivity contribution in [3.8, 4) is 0 Å². The Balaban J connectivity index is 1.44. The SMILES string of the molecule is O=C(c1c[nH]c2ccccc12)C(Sc1ccc(S(=O)(=O)N2CCOCC2)cn1)c1ccccc1. The van der Waals surface area contributed by atoms with Crippen LogP contribution >= 0.6 is 11.8 Å². The smallest absolute Gasteiger partial charge is 0.244 e. The molecule has 1 fully saturated rings. The van der Waals surface area contributed by atoms with E-state index < -0.39 is 15.3 Å². The first kappa shape index (κ1) is 22.8. The lowest BCUT2D eigenvalue weighted by molar-refractivity contribution is 0.0730. The van der Waals surface area contributed by atoms with Gasteiger partial charge in [-0.25, -0.2) is 13.4 Å². The molecule has 1 atom stereocenters. The van der Waals surface area contributed by atoms with Crippen LogP contribution in [-0.2, 0) is 14.8 Å². The number of pyridine rings is 1. The third-order valence-electron chi connectivity index (χ3n) is 5.75. The van der Waals surface area contributed by atoms with Gasteiger partial charge >= 0.3 is 0 Å². The number of thioether (sulfide) groups is 1. The van der Waals surface area contributed by atoms with Crippen molar-refractivity contribution in [1.29, 1.82) is 0 Å². The first-order valence-corrected chi connectivity index (χ1v) is 13.2. The van der Waals surface area contributed by atoms with Gasteiger partial charge in [-0.05, 0) is 23.8 Å². The number of Topliss-reactive ketones (excluding diaryl/α,β-unsaturated/α-hetero) is 1. The molecule has 0 aliphatic carbocycles. The number of para-hydroxylation sites is 1. The maximum absolute atomic E-state index is 13.7. The van der Waals surface area contributed by atoms with Gasteiger partial charge in [0.15, 0.2) is 5.78 Å². The number of rotatable bonds is 7. The summed E-state index contributed by atoms with van der Waals surface area (Å²) < 4.78 is 32.5. The number of nitrogens with zero attached hydrogens (tertiary/aromatic N) is 2. The maximum Gasteiger partial charge on any atom is 0.244 e. The summed E-state index contributed by atoms with van der Waals surface area (Å²) in [5, 5.41) is 0.909. The van der Waals surface area contributed by atoms with Gasteiger partial charge in [-0.1, -0.05) is 60.3 Å². The van der Waals surface area contributed by atoms with Gasteiger partial charge in [-0.3, -0.25) is 4.79 Å². The van der Waals surface area contributed by atoms with Crippen molar-refractivity contribution < 1.29 is 17.9 Å². The van der Waals surface area contributed by atoms with Gasteiger partial charge < -0.3 is 9.72 Å². The molecule has 2 aromatic carbocycles. The molecular formula is C25H23N3O4S2. The largest absolute Gasteiger partial charge is 0.379 e. The quantitative estimate of drug-likeness (QED) is 0.305. The van der Waals surface area contributed by atoms with Crippen molar-refractivity contribution in [2.45, 2.75) is 15.2 Å². The molecule has 0 radical (unpaired) electrons. The number of sulfonamides is 1. The van der Waals surface area contributed by atoms with Crippen LogP contribution in [0, 0.1) is 0 Å². The van der Waals surface area contributed by atoms with Crippen molar-refractivity contribution in [3.05, 3.63) is 90.3 Å². The molecule has 0 spiro atoms. The summed E-state index contributed by atoms with van der Waals surface area (Å²) >= 11 is 1.31. The van der Waals surface area contributed by atoms with Crippen molar-refractivity contribution in [2.24, 2.45) is 0 Å². The minimum atomic E-state index is -3.63. The number of H-pyrrole nitrogens is 1. The Morgan fingerprint density at radius 2 is 1.74 bits per heavy atom. The van der Waals surface area contributed by atoms with Crippen LogP contribution in [0.2, 0.25) is 0 Å². The zero-order valence-electron chi connectivity index (χ0n) is 18.3. The topological polar surface area (TPSA) is 92.4 Å². The van der Waals surface area contributed by atoms with E-state index in [1.807, 2.05) is 54.6 Å². The van der Waals surface area contributed by atoms with Gasteiger partial charge in [0, 0.05) is 41.9 Å². The van der Waals surface area contributed by atoms with Gasteiger partial charge in [-0.15, -0.1) is 0 Å². The van der Waals surface area contributed by atoms with Crippen LogP contribution in [0.25, 0.3) is 10.9 Å². The second kappa shape index (κ2) is 9.71. The molecule has 9 heteroatoms. The number of ketones is 1. The van der Waals surface area contributed by atoms with Crippen LogP contribution in [0.5, 0.6) is 0 Å². The average Bonchev–Trinajstić information content (AvgIpc) is 3.32. The fourth-order valence-corrected chi connectivity index (χ4v) is 6.35. The lowest BCUT2D eigenvalue weighted by Gasteiger charge is -2.25. The Kier molecular flexibility index (Phi) is 6.51. The Labute approximate surface area is 202 Å². The highest BCUT2D eigenvalue weighted by atomic mass is 32.2. The average molecular weight is 494 g/mol. The van der Waals surface area contributed by atoms with E-state index in [1.165, 1.54) is 22.3 Å². The fraction of sp³-hybridized carbons (Fsp3) is 0.200. The third kappa shape index (κ3) is 4.52. The van der Waals surface area contributed by atoms with E-state index in [0.717, 1.165) is 16.5 Å². The first-order valence-electron chi connectivity index (χ1n) is 10.9. The van der Waals surface area contributed by atoms with Crippen LogP contribution in [0.15, 0.2) is 89.0 Å². The number of ether oxygens (including phenoxy) is 1. The third-order valence-corrected chi connectivity index (χ3v) is 8.84. The normalized spacial score (nSPS) is 15.9. The molecule has 3 heterocycles. The summed E-state index contributed by atoms with van der Waals surface area (Å²) in [6, 6.07) is 20.5. The Bertz CT molecular complexity index is 1400. The fourth-order valence-electron chi connectivity index (χ4n) is 3.96. The number of hydrogen-bond donors (Lipinski definition) is 1. The summed E-state index contributed by atoms with van der Waals surface area (Å²) in [6.45, 7) is 1.42. The highest BCUT2D eigenvalue weighted by molar-refractivity contribution is 8.00. The number of morpholine rings is 1. The van der Waals surface area contributed by atoms with E-state index in [0.29, 0.717) is 36.9 Å². The van der Waals surface area contributed by atoms with Crippen LogP contribution in [-0.4, -0.2) is 54.8 Å². The second-order valence-electron chi connectivity index (χ2n) is 7.87. The van der Waals surface area contributed by atoms with E-state index in [4.69, 9.17) is 4.74 Å². The summed E-state index contributed by atoms with van der Waals surface area (Å²) in [4.78, 5) is 21.4. The Hall–Kier alpha value is -2.98. The summed E-state index contributed by atoms with van der Waals surface area (Å²) in [6.07, 6.45) is 3.11. The molecule has 0 amide bonds. The molecule has 1 aliphatic heterocycles. The predicted octanol–water partition coefficient (Wildman–Crippen LogP) is 4.30. The number of hydrogen-bond acceptors (Lipinski definition) is 6. The molecule has 0 saturated carbocycles. The highest BCUT2D eigenvalue weighted by Crippen LogP contribution is 2.38. The van der Waals surface area contributed by atoms with Crippen LogP contribution in [0.3, 0.4) is 0 Å². The molecule has 1 N–H and O–H groups in total. The minimum Gasteiger partial charge on any atom is -0.379 e. The first-order chi connectivity index (χ1) is 16.5. The summed E-state index contributed by atoms with van der Waals surface area (Å²) in [5.41, 5.74) is 2.37. The summed E-state index contributed by atoms with van der Waals surface area (Å²) in [7, 11) is -3.63. The number of fused-ring (bicyclic) bond motifs is 1. The molecule has 4 aromatic rings. The zero-order chi connectivity index (χ0) is 23.5. The molecular weight excluding hydrogens is 470 g/mol. The number of aromatic amines is 1. The zero-order valence-corrected chi connectivity index (χ0v) is 19.9. The molecule has 2 aromatic heterocycles. The summed E-state index contributed by atoms with van der Waals surface area (Å²) in [5.74, 6) is -0.0412. The molecule has 174 valence electrons.